The van der Waals surface area contributed by atoms with Crippen LogP contribution in [0.2, 0.25) is 10.0 Å². The van der Waals surface area contributed by atoms with Gasteiger partial charge in [0.15, 0.2) is 5.75 Å². The molecule has 10 heteroatoms. The van der Waals surface area contributed by atoms with E-state index in [0.717, 1.165) is 22.2 Å². The summed E-state index contributed by atoms with van der Waals surface area (Å²) in [5.41, 5.74) is 2.70. The largest absolute Gasteiger partial charge is 0.488 e. The predicted molar refractivity (Wildman–Crippen MR) is 179 cm³/mol. The monoisotopic (exact) mass is 652 g/mol. The molecule has 0 spiro atoms. The maximum absolute atomic E-state index is 12.4. The number of halogens is 2. The lowest BCUT2D eigenvalue weighted by Crippen LogP contribution is -2.45. The number of nitrogens with zero attached hydrogens (tertiary/aromatic N) is 1. The second-order valence-electron chi connectivity index (χ2n) is 11.8. The first-order chi connectivity index (χ1) is 21.3. The molecule has 0 saturated carbocycles. The summed E-state index contributed by atoms with van der Waals surface area (Å²) in [6, 6.07) is 22.6. The van der Waals surface area contributed by atoms with Gasteiger partial charge in [0.2, 0.25) is 0 Å². The molecule has 4 rings (SSSR count). The van der Waals surface area contributed by atoms with Crippen molar-refractivity contribution in [2.75, 3.05) is 26.1 Å². The fraction of sp³-hybridized carbons (Fsp3) is 0.314. The molecule has 45 heavy (non-hydrogen) atoms. The molecule has 0 saturated heterocycles. The summed E-state index contributed by atoms with van der Waals surface area (Å²) >= 11 is 13.2. The van der Waals surface area contributed by atoms with Crippen molar-refractivity contribution in [2.24, 2.45) is 0 Å². The van der Waals surface area contributed by atoms with Gasteiger partial charge in [-0.1, -0.05) is 59.6 Å². The number of fused-ring (bicyclic) bond motifs is 1. The van der Waals surface area contributed by atoms with E-state index in [0.29, 0.717) is 17.9 Å². The van der Waals surface area contributed by atoms with Crippen LogP contribution < -0.4 is 19.7 Å². The highest BCUT2D eigenvalue weighted by molar-refractivity contribution is 6.37. The Kier molecular flexibility index (Phi) is 11.1. The first-order valence-corrected chi connectivity index (χ1v) is 15.2. The number of anilines is 1. The van der Waals surface area contributed by atoms with Crippen LogP contribution in [-0.2, 0) is 33.9 Å². The van der Waals surface area contributed by atoms with E-state index in [2.05, 4.69) is 35.6 Å². The number of rotatable bonds is 11. The highest BCUT2D eigenvalue weighted by atomic mass is 35.5. The fourth-order valence-electron chi connectivity index (χ4n) is 4.63. The second-order valence-corrected chi connectivity index (χ2v) is 12.6. The van der Waals surface area contributed by atoms with Crippen LogP contribution in [-0.4, -0.2) is 44.9 Å². The molecule has 0 aromatic heterocycles. The first kappa shape index (κ1) is 33.7. The number of carbonyl (C=O) groups excluding carboxylic acids is 2. The Hall–Kier alpha value is -4.14. The lowest BCUT2D eigenvalue weighted by atomic mass is 10.1. The summed E-state index contributed by atoms with van der Waals surface area (Å²) < 4.78 is 22.6. The van der Waals surface area contributed by atoms with Gasteiger partial charge >= 0.3 is 12.1 Å². The van der Waals surface area contributed by atoms with Gasteiger partial charge < -0.3 is 29.2 Å². The molecule has 238 valence electrons. The second kappa shape index (κ2) is 14.8. The molecule has 4 aromatic rings. The lowest BCUT2D eigenvalue weighted by Gasteiger charge is -2.23. The molecular formula is C35H38Cl2N2O6. The lowest BCUT2D eigenvalue weighted by molar-refractivity contribution is -0.143. The minimum absolute atomic E-state index is 0.0727. The zero-order chi connectivity index (χ0) is 32.7. The number of hydrogen-bond acceptors (Lipinski definition) is 7. The van der Waals surface area contributed by atoms with E-state index in [4.69, 9.17) is 42.1 Å². The van der Waals surface area contributed by atoms with Crippen LogP contribution in [0.3, 0.4) is 0 Å². The number of alkyl carbamates (subject to hydrolysis) is 1. The Labute approximate surface area is 274 Å². The Morgan fingerprint density at radius 3 is 2.18 bits per heavy atom. The molecule has 1 N–H and O–H groups in total. The summed E-state index contributed by atoms with van der Waals surface area (Å²) in [4.78, 5) is 26.8. The standard InChI is InChI=1S/C35H38Cl2N2O6/c1-35(2,3)45-34(41)38-30(33(40)42-6)18-23-16-28(36)32(29(37)17-23)44-21-26-19-27(39(4)5)13-14-31(26)43-20-22-11-12-24-9-7-8-10-25(24)15-22/h7-17,19,30H,18,20-21H2,1-6H3,(H,38,41)/t30-/m0/s1. The average molecular weight is 654 g/mol. The van der Waals surface area contributed by atoms with Crippen molar-refractivity contribution in [1.29, 1.82) is 0 Å². The van der Waals surface area contributed by atoms with Gasteiger partial charge in [-0.2, -0.15) is 0 Å². The van der Waals surface area contributed by atoms with E-state index in [1.54, 1.807) is 32.9 Å². The van der Waals surface area contributed by atoms with Crippen LogP contribution in [0.1, 0.15) is 37.5 Å². The van der Waals surface area contributed by atoms with Gasteiger partial charge in [0.25, 0.3) is 0 Å². The molecule has 4 aromatic carbocycles. The normalized spacial score (nSPS) is 11.9. The summed E-state index contributed by atoms with van der Waals surface area (Å²) in [6.45, 7) is 5.71. The van der Waals surface area contributed by atoms with Crippen molar-refractivity contribution in [3.05, 3.63) is 99.5 Å². The number of carbonyl (C=O) groups is 2. The molecule has 0 aliphatic rings. The highest BCUT2D eigenvalue weighted by Crippen LogP contribution is 2.36. The SMILES string of the molecule is COC(=O)[C@H](Cc1cc(Cl)c(OCc2cc(N(C)C)ccc2OCc2ccc3ccccc3c2)c(Cl)c1)NC(=O)OC(C)(C)C. The third-order valence-electron chi connectivity index (χ3n) is 6.82. The number of amides is 1. The minimum Gasteiger partial charge on any atom is -0.488 e. The van der Waals surface area contributed by atoms with E-state index in [9.17, 15) is 9.59 Å². The van der Waals surface area contributed by atoms with Gasteiger partial charge in [0, 0.05) is 31.8 Å². The number of benzene rings is 4. The number of esters is 1. The van der Waals surface area contributed by atoms with E-state index in [-0.39, 0.29) is 28.8 Å². The topological polar surface area (TPSA) is 86.3 Å². The maximum Gasteiger partial charge on any atom is 0.408 e. The third kappa shape index (κ3) is 9.42. The minimum atomic E-state index is -1.01. The number of nitrogens with one attached hydrogen (secondary N) is 1. The van der Waals surface area contributed by atoms with Crippen LogP contribution in [0, 0.1) is 0 Å². The highest BCUT2D eigenvalue weighted by Gasteiger charge is 2.26. The van der Waals surface area contributed by atoms with E-state index < -0.39 is 23.7 Å². The van der Waals surface area contributed by atoms with Crippen LogP contribution in [0.15, 0.2) is 72.8 Å². The summed E-state index contributed by atoms with van der Waals surface area (Å²) in [5.74, 6) is 0.324. The first-order valence-electron chi connectivity index (χ1n) is 14.4. The predicted octanol–water partition coefficient (Wildman–Crippen LogP) is 7.98. The molecule has 1 atom stereocenters. The quantitative estimate of drug-likeness (QED) is 0.164. The molecule has 1 amide bonds. The van der Waals surface area contributed by atoms with Crippen molar-refractivity contribution >= 4 is 51.7 Å². The molecule has 0 unspecified atom stereocenters. The fourth-order valence-corrected chi connectivity index (χ4v) is 5.27. The molecule has 0 radical (unpaired) electrons. The molecule has 8 nitrogen and oxygen atoms in total. The Morgan fingerprint density at radius 2 is 1.53 bits per heavy atom. The van der Waals surface area contributed by atoms with E-state index >= 15 is 0 Å². The Morgan fingerprint density at radius 1 is 0.844 bits per heavy atom. The number of hydrogen-bond donors (Lipinski definition) is 1. The summed E-state index contributed by atoms with van der Waals surface area (Å²) in [6.07, 6.45) is -0.669. The van der Waals surface area contributed by atoms with E-state index in [1.165, 1.54) is 12.5 Å². The van der Waals surface area contributed by atoms with Gasteiger partial charge in [-0.15, -0.1) is 0 Å². The molecule has 0 heterocycles. The third-order valence-corrected chi connectivity index (χ3v) is 7.38. The van der Waals surface area contributed by atoms with Gasteiger partial charge in [0.1, 0.15) is 30.6 Å². The van der Waals surface area contributed by atoms with Crippen LogP contribution in [0.25, 0.3) is 10.8 Å². The molecule has 0 bridgehead atoms. The van der Waals surface area contributed by atoms with Crippen LogP contribution >= 0.6 is 23.2 Å². The molecular weight excluding hydrogens is 615 g/mol. The number of methoxy groups -OCH3 is 1. The maximum atomic E-state index is 12.4. The van der Waals surface area contributed by atoms with Gasteiger partial charge in [-0.3, -0.25) is 0 Å². The van der Waals surface area contributed by atoms with Crippen molar-refractivity contribution in [2.45, 2.75) is 52.0 Å². The van der Waals surface area contributed by atoms with Crippen molar-refractivity contribution in [1.82, 2.24) is 5.32 Å². The van der Waals surface area contributed by atoms with Crippen LogP contribution in [0.4, 0.5) is 10.5 Å². The molecule has 0 fully saturated rings. The molecule has 0 aliphatic heterocycles. The zero-order valence-corrected chi connectivity index (χ0v) is 27.8. The van der Waals surface area contributed by atoms with Crippen molar-refractivity contribution in [3.8, 4) is 11.5 Å². The van der Waals surface area contributed by atoms with Gasteiger partial charge in [0.05, 0.1) is 17.2 Å². The zero-order valence-electron chi connectivity index (χ0n) is 26.3. The smallest absolute Gasteiger partial charge is 0.408 e. The Bertz CT molecular complexity index is 1650. The number of ether oxygens (including phenoxy) is 4. The molecule has 0 aliphatic carbocycles. The summed E-state index contributed by atoms with van der Waals surface area (Å²) in [5, 5.41) is 5.38. The summed E-state index contributed by atoms with van der Waals surface area (Å²) in [7, 11) is 5.16. The van der Waals surface area contributed by atoms with Crippen molar-refractivity contribution in [3.63, 3.8) is 0 Å². The Balaban J connectivity index is 1.50. The van der Waals surface area contributed by atoms with E-state index in [1.807, 2.05) is 49.3 Å². The average Bonchev–Trinajstić information content (AvgIpc) is 2.98. The van der Waals surface area contributed by atoms with Crippen molar-refractivity contribution < 1.29 is 28.5 Å². The van der Waals surface area contributed by atoms with Gasteiger partial charge in [-0.25, -0.2) is 9.59 Å². The van der Waals surface area contributed by atoms with Gasteiger partial charge in [-0.05, 0) is 79.1 Å². The van der Waals surface area contributed by atoms with Crippen LogP contribution in [0.5, 0.6) is 11.5 Å².